The number of nitrogens with one attached hydrogen (secondary N) is 1. The third-order valence-electron chi connectivity index (χ3n) is 2.63. The Hall–Kier alpha value is -0.520. The molecule has 0 aliphatic carbocycles. The van der Waals surface area contributed by atoms with Gasteiger partial charge in [0, 0.05) is 57.9 Å². The van der Waals surface area contributed by atoms with Crippen LogP contribution in [0.4, 0.5) is 0 Å². The van der Waals surface area contributed by atoms with E-state index in [2.05, 4.69) is 19.8 Å². The highest BCUT2D eigenvalue weighted by molar-refractivity contribution is 7.99. The van der Waals surface area contributed by atoms with Gasteiger partial charge < -0.3 is 9.88 Å². The van der Waals surface area contributed by atoms with Gasteiger partial charge in [-0.3, -0.25) is 4.90 Å². The van der Waals surface area contributed by atoms with Crippen molar-refractivity contribution in [2.24, 2.45) is 7.05 Å². The molecule has 1 saturated heterocycles. The maximum absolute atomic E-state index is 4.29. The highest BCUT2D eigenvalue weighted by Gasteiger charge is 2.09. The van der Waals surface area contributed by atoms with Crippen LogP contribution in [0, 0.1) is 0 Å². The zero-order valence-corrected chi connectivity index (χ0v) is 9.96. The van der Waals surface area contributed by atoms with Gasteiger partial charge in [-0.25, -0.2) is 4.98 Å². The van der Waals surface area contributed by atoms with Crippen LogP contribution in [0.5, 0.6) is 0 Å². The maximum Gasteiger partial charge on any atom is 0.167 e. The van der Waals surface area contributed by atoms with Gasteiger partial charge in [-0.15, -0.1) is 0 Å². The van der Waals surface area contributed by atoms with E-state index in [0.717, 1.165) is 24.0 Å². The minimum Gasteiger partial charge on any atom is -0.329 e. The van der Waals surface area contributed by atoms with Gasteiger partial charge in [0.1, 0.15) is 0 Å². The van der Waals surface area contributed by atoms with E-state index >= 15 is 0 Å². The first kappa shape index (κ1) is 11.0. The van der Waals surface area contributed by atoms with E-state index in [1.54, 1.807) is 0 Å². The van der Waals surface area contributed by atoms with Crippen LogP contribution in [0.1, 0.15) is 0 Å². The molecule has 0 aromatic carbocycles. The van der Waals surface area contributed by atoms with Crippen molar-refractivity contribution in [3.05, 3.63) is 12.4 Å². The Morgan fingerprint density at radius 1 is 1.47 bits per heavy atom. The Morgan fingerprint density at radius 3 is 2.93 bits per heavy atom. The lowest BCUT2D eigenvalue weighted by molar-refractivity contribution is 0.255. The van der Waals surface area contributed by atoms with Crippen LogP contribution in [0.2, 0.25) is 0 Å². The van der Waals surface area contributed by atoms with Gasteiger partial charge in [-0.1, -0.05) is 11.8 Å². The Labute approximate surface area is 95.1 Å². The second-order valence-corrected chi connectivity index (χ2v) is 4.82. The average Bonchev–Trinajstić information content (AvgIpc) is 2.66. The van der Waals surface area contributed by atoms with Crippen molar-refractivity contribution in [1.82, 2.24) is 19.8 Å². The van der Waals surface area contributed by atoms with Crippen molar-refractivity contribution < 1.29 is 0 Å². The first-order valence-electron chi connectivity index (χ1n) is 5.39. The lowest BCUT2D eigenvalue weighted by Gasteiger charge is -2.26. The molecule has 0 unspecified atom stereocenters. The molecule has 1 aliphatic heterocycles. The lowest BCUT2D eigenvalue weighted by Crippen LogP contribution is -2.44. The SMILES string of the molecule is Cn1ccnc1SCCN1CCNCC1. The molecule has 5 heteroatoms. The highest BCUT2D eigenvalue weighted by Crippen LogP contribution is 2.14. The van der Waals surface area contributed by atoms with Gasteiger partial charge >= 0.3 is 0 Å². The summed E-state index contributed by atoms with van der Waals surface area (Å²) in [7, 11) is 2.04. The van der Waals surface area contributed by atoms with Crippen molar-refractivity contribution in [3.63, 3.8) is 0 Å². The quantitative estimate of drug-likeness (QED) is 0.754. The molecule has 0 radical (unpaired) electrons. The van der Waals surface area contributed by atoms with Crippen LogP contribution in [-0.4, -0.2) is 52.9 Å². The van der Waals surface area contributed by atoms with E-state index in [9.17, 15) is 0 Å². The average molecular weight is 226 g/mol. The molecule has 1 aromatic rings. The van der Waals surface area contributed by atoms with E-state index in [-0.39, 0.29) is 0 Å². The van der Waals surface area contributed by atoms with Gasteiger partial charge in [0.05, 0.1) is 0 Å². The van der Waals surface area contributed by atoms with E-state index in [4.69, 9.17) is 0 Å². The number of aromatic nitrogens is 2. The first-order valence-corrected chi connectivity index (χ1v) is 6.38. The number of rotatable bonds is 4. The third-order valence-corrected chi connectivity index (χ3v) is 3.66. The van der Waals surface area contributed by atoms with Crippen molar-refractivity contribution in [2.75, 3.05) is 38.5 Å². The smallest absolute Gasteiger partial charge is 0.167 e. The summed E-state index contributed by atoms with van der Waals surface area (Å²) in [5.41, 5.74) is 0. The molecule has 2 heterocycles. The molecule has 0 atom stereocenters. The Kier molecular flexibility index (Phi) is 4.05. The number of hydrogen-bond donors (Lipinski definition) is 1. The van der Waals surface area contributed by atoms with Gasteiger partial charge in [-0.2, -0.15) is 0 Å². The Morgan fingerprint density at radius 2 is 2.27 bits per heavy atom. The van der Waals surface area contributed by atoms with E-state index in [1.165, 1.54) is 19.6 Å². The molecule has 2 rings (SSSR count). The molecule has 1 fully saturated rings. The fourth-order valence-corrected chi connectivity index (χ4v) is 2.62. The Bertz CT molecular complexity index is 293. The molecule has 1 aliphatic rings. The van der Waals surface area contributed by atoms with Crippen LogP contribution in [0.15, 0.2) is 17.6 Å². The monoisotopic (exact) mass is 226 g/mol. The summed E-state index contributed by atoms with van der Waals surface area (Å²) in [5.74, 6) is 1.13. The predicted octanol–water partition coefficient (Wildman–Crippen LogP) is 0.417. The summed E-state index contributed by atoms with van der Waals surface area (Å²) in [6, 6.07) is 0. The topological polar surface area (TPSA) is 33.1 Å². The zero-order chi connectivity index (χ0) is 10.5. The number of nitrogens with zero attached hydrogens (tertiary/aromatic N) is 3. The van der Waals surface area contributed by atoms with Crippen molar-refractivity contribution in [1.29, 1.82) is 0 Å². The summed E-state index contributed by atoms with van der Waals surface area (Å²) in [5, 5.41) is 4.48. The number of piperazine rings is 1. The molecule has 0 saturated carbocycles. The normalized spacial score (nSPS) is 18.2. The minimum atomic E-state index is 1.12. The lowest BCUT2D eigenvalue weighted by atomic mass is 10.4. The third kappa shape index (κ3) is 3.22. The molecule has 0 bridgehead atoms. The second-order valence-electron chi connectivity index (χ2n) is 3.76. The van der Waals surface area contributed by atoms with Gasteiger partial charge in [0.15, 0.2) is 5.16 Å². The van der Waals surface area contributed by atoms with Crippen LogP contribution < -0.4 is 5.32 Å². The molecule has 0 amide bonds. The zero-order valence-electron chi connectivity index (χ0n) is 9.15. The minimum absolute atomic E-state index is 1.12. The number of imidazole rings is 1. The summed E-state index contributed by atoms with van der Waals surface area (Å²) >= 11 is 1.84. The van der Waals surface area contributed by atoms with Crippen LogP contribution in [-0.2, 0) is 7.05 Å². The molecular weight excluding hydrogens is 208 g/mol. The van der Waals surface area contributed by atoms with E-state index < -0.39 is 0 Å². The molecular formula is C10H18N4S. The fraction of sp³-hybridized carbons (Fsp3) is 0.700. The molecule has 0 spiro atoms. The number of hydrogen-bond acceptors (Lipinski definition) is 4. The Balaban J connectivity index is 1.68. The van der Waals surface area contributed by atoms with Crippen molar-refractivity contribution in [2.45, 2.75) is 5.16 Å². The maximum atomic E-state index is 4.29. The second kappa shape index (κ2) is 5.53. The van der Waals surface area contributed by atoms with Crippen molar-refractivity contribution in [3.8, 4) is 0 Å². The summed E-state index contributed by atoms with van der Waals surface area (Å²) in [6.07, 6.45) is 3.85. The van der Waals surface area contributed by atoms with Gasteiger partial charge in [-0.05, 0) is 0 Å². The van der Waals surface area contributed by atoms with Crippen LogP contribution in [0.3, 0.4) is 0 Å². The standard InChI is InChI=1S/C10H18N4S/c1-13-5-4-12-10(13)15-9-8-14-6-2-11-3-7-14/h4-5,11H,2-3,6-9H2,1H3. The molecule has 4 nitrogen and oxygen atoms in total. The van der Waals surface area contributed by atoms with E-state index in [0.29, 0.717) is 0 Å². The summed E-state index contributed by atoms with van der Waals surface area (Å²) in [4.78, 5) is 6.80. The molecule has 1 N–H and O–H groups in total. The number of aryl methyl sites for hydroxylation is 1. The number of thioether (sulfide) groups is 1. The summed E-state index contributed by atoms with van der Waals surface area (Å²) in [6.45, 7) is 5.79. The van der Waals surface area contributed by atoms with Gasteiger partial charge in [0.25, 0.3) is 0 Å². The predicted molar refractivity (Wildman–Crippen MR) is 63.2 cm³/mol. The van der Waals surface area contributed by atoms with E-state index in [1.807, 2.05) is 31.2 Å². The van der Waals surface area contributed by atoms with Crippen LogP contribution >= 0.6 is 11.8 Å². The van der Waals surface area contributed by atoms with Crippen molar-refractivity contribution >= 4 is 11.8 Å². The first-order chi connectivity index (χ1) is 7.36. The highest BCUT2D eigenvalue weighted by atomic mass is 32.2. The molecule has 15 heavy (non-hydrogen) atoms. The fourth-order valence-electron chi connectivity index (χ4n) is 1.69. The molecule has 1 aromatic heterocycles. The largest absolute Gasteiger partial charge is 0.329 e. The van der Waals surface area contributed by atoms with Gasteiger partial charge in [0.2, 0.25) is 0 Å². The summed E-state index contributed by atoms with van der Waals surface area (Å²) < 4.78 is 2.07. The van der Waals surface area contributed by atoms with Crippen LogP contribution in [0.25, 0.3) is 0 Å². The molecule has 84 valence electrons.